The van der Waals surface area contributed by atoms with E-state index in [0.29, 0.717) is 24.3 Å². The normalized spacial score (nSPS) is 17.2. The van der Waals surface area contributed by atoms with Crippen molar-refractivity contribution in [1.82, 2.24) is 15.1 Å². The van der Waals surface area contributed by atoms with Gasteiger partial charge >= 0.3 is 5.91 Å². The first kappa shape index (κ1) is 16.5. The van der Waals surface area contributed by atoms with E-state index in [9.17, 15) is 13.6 Å². The molecule has 0 saturated carbocycles. The summed E-state index contributed by atoms with van der Waals surface area (Å²) >= 11 is 5.81. The van der Waals surface area contributed by atoms with Crippen LogP contribution in [0.1, 0.15) is 22.1 Å². The van der Waals surface area contributed by atoms with E-state index >= 15 is 0 Å². The van der Waals surface area contributed by atoms with Crippen molar-refractivity contribution < 1.29 is 13.6 Å². The van der Waals surface area contributed by atoms with E-state index in [1.807, 2.05) is 0 Å². The SMILES string of the molecule is NN=NC(=O)c1c(-c2ccc(F)c(Cl)c2)nn2c1CNCC2CF. The van der Waals surface area contributed by atoms with Gasteiger partial charge in [0.1, 0.15) is 18.2 Å². The smallest absolute Gasteiger partial charge is 0.301 e. The number of nitrogens with two attached hydrogens (primary N) is 1. The fraction of sp³-hybridized carbons (Fsp3) is 0.286. The topological polar surface area (TPSA) is 97.7 Å². The summed E-state index contributed by atoms with van der Waals surface area (Å²) < 4.78 is 28.1. The number of alkyl halides is 1. The van der Waals surface area contributed by atoms with Crippen LogP contribution >= 0.6 is 11.6 Å². The van der Waals surface area contributed by atoms with Crippen LogP contribution in [0.2, 0.25) is 5.02 Å². The van der Waals surface area contributed by atoms with Crippen molar-refractivity contribution >= 4 is 17.5 Å². The van der Waals surface area contributed by atoms with Crippen molar-refractivity contribution in [3.05, 3.63) is 40.3 Å². The average Bonchev–Trinajstić information content (AvgIpc) is 2.97. The lowest BCUT2D eigenvalue weighted by Crippen LogP contribution is -2.35. The minimum atomic E-state index is -0.712. The van der Waals surface area contributed by atoms with Crippen LogP contribution in [-0.4, -0.2) is 28.9 Å². The summed E-state index contributed by atoms with van der Waals surface area (Å²) in [5.41, 5.74) is 1.25. The number of rotatable bonds is 3. The number of carbonyl (C=O) groups is 1. The largest absolute Gasteiger partial charge is 0.309 e. The van der Waals surface area contributed by atoms with Gasteiger partial charge in [-0.05, 0) is 18.2 Å². The molecule has 1 aliphatic rings. The second-order valence-electron chi connectivity index (χ2n) is 5.20. The maximum absolute atomic E-state index is 13.4. The molecule has 10 heteroatoms. The Morgan fingerprint density at radius 1 is 1.54 bits per heavy atom. The van der Waals surface area contributed by atoms with E-state index in [0.717, 1.165) is 0 Å². The summed E-state index contributed by atoms with van der Waals surface area (Å²) in [6.45, 7) is 0.0255. The molecule has 126 valence electrons. The molecule has 24 heavy (non-hydrogen) atoms. The van der Waals surface area contributed by atoms with Crippen LogP contribution in [0.15, 0.2) is 28.5 Å². The van der Waals surface area contributed by atoms with Crippen LogP contribution in [0.25, 0.3) is 11.3 Å². The Kier molecular flexibility index (Phi) is 4.54. The second kappa shape index (κ2) is 6.62. The molecule has 0 radical (unpaired) electrons. The average molecular weight is 355 g/mol. The molecular formula is C14H13ClF2N6O. The first-order chi connectivity index (χ1) is 11.6. The molecule has 1 aromatic heterocycles. The Morgan fingerprint density at radius 2 is 2.33 bits per heavy atom. The summed E-state index contributed by atoms with van der Waals surface area (Å²) in [5, 5.41) is 13.6. The maximum atomic E-state index is 13.4. The van der Waals surface area contributed by atoms with Crippen LogP contribution in [0.3, 0.4) is 0 Å². The number of carbonyl (C=O) groups excluding carboxylic acids is 1. The summed E-state index contributed by atoms with van der Waals surface area (Å²) in [4.78, 5) is 12.3. The Labute approximate surface area is 140 Å². The molecule has 0 saturated heterocycles. The van der Waals surface area contributed by atoms with Crippen LogP contribution in [-0.2, 0) is 6.54 Å². The predicted octanol–water partition coefficient (Wildman–Crippen LogP) is 2.42. The van der Waals surface area contributed by atoms with Crippen molar-refractivity contribution in [2.24, 2.45) is 16.2 Å². The van der Waals surface area contributed by atoms with Crippen LogP contribution in [0.5, 0.6) is 0 Å². The fourth-order valence-electron chi connectivity index (χ4n) is 2.68. The van der Waals surface area contributed by atoms with E-state index in [1.54, 1.807) is 0 Å². The quantitative estimate of drug-likeness (QED) is 0.502. The minimum Gasteiger partial charge on any atom is -0.309 e. The zero-order valence-electron chi connectivity index (χ0n) is 12.3. The number of nitrogens with one attached hydrogen (secondary N) is 1. The molecular weight excluding hydrogens is 342 g/mol. The molecule has 1 amide bonds. The number of hydrogen-bond donors (Lipinski definition) is 2. The molecule has 2 aromatic rings. The Morgan fingerprint density at radius 3 is 3.00 bits per heavy atom. The van der Waals surface area contributed by atoms with Crippen molar-refractivity contribution in [2.45, 2.75) is 12.6 Å². The number of benzene rings is 1. The molecule has 0 bridgehead atoms. The molecule has 1 aromatic carbocycles. The highest BCUT2D eigenvalue weighted by molar-refractivity contribution is 6.31. The van der Waals surface area contributed by atoms with Gasteiger partial charge in [-0.3, -0.25) is 9.48 Å². The molecule has 1 aliphatic heterocycles. The molecule has 2 heterocycles. The van der Waals surface area contributed by atoms with Gasteiger partial charge in [-0.15, -0.1) is 0 Å². The maximum Gasteiger partial charge on any atom is 0.301 e. The molecule has 1 atom stereocenters. The van der Waals surface area contributed by atoms with E-state index in [4.69, 9.17) is 17.4 Å². The third kappa shape index (κ3) is 2.76. The van der Waals surface area contributed by atoms with Gasteiger partial charge in [-0.2, -0.15) is 5.10 Å². The van der Waals surface area contributed by atoms with Gasteiger partial charge in [0.05, 0.1) is 22.3 Å². The number of hydrogen-bond acceptors (Lipinski definition) is 4. The van der Waals surface area contributed by atoms with Gasteiger partial charge < -0.3 is 11.2 Å². The van der Waals surface area contributed by atoms with Gasteiger partial charge in [0.25, 0.3) is 0 Å². The highest BCUT2D eigenvalue weighted by Crippen LogP contribution is 2.32. The zero-order chi connectivity index (χ0) is 17.3. The van der Waals surface area contributed by atoms with Crippen LogP contribution < -0.4 is 11.2 Å². The lowest BCUT2D eigenvalue weighted by atomic mass is 10.0. The summed E-state index contributed by atoms with van der Waals surface area (Å²) in [6.07, 6.45) is 0. The van der Waals surface area contributed by atoms with Crippen molar-refractivity contribution in [3.63, 3.8) is 0 Å². The predicted molar refractivity (Wildman–Crippen MR) is 82.7 cm³/mol. The third-order valence-electron chi connectivity index (χ3n) is 3.76. The van der Waals surface area contributed by atoms with Gasteiger partial charge in [0.2, 0.25) is 0 Å². The molecule has 1 unspecified atom stereocenters. The standard InChI is InChI=1S/C14H13ClF2N6O/c15-9-3-7(1-2-10(9)17)13-12(14(24)20-22-18)11-6-19-5-8(4-16)23(11)21-13/h1-3,8,19H,4-6H2,(H2,18,20,24). The lowest BCUT2D eigenvalue weighted by molar-refractivity contribution is 0.0992. The summed E-state index contributed by atoms with van der Waals surface area (Å²) in [7, 11) is 0. The number of nitrogens with zero attached hydrogens (tertiary/aromatic N) is 4. The molecule has 0 aliphatic carbocycles. The van der Waals surface area contributed by atoms with E-state index in [1.165, 1.54) is 22.9 Å². The molecule has 0 fully saturated rings. The van der Waals surface area contributed by atoms with Crippen LogP contribution in [0, 0.1) is 5.82 Å². The monoisotopic (exact) mass is 354 g/mol. The third-order valence-corrected chi connectivity index (χ3v) is 4.05. The van der Waals surface area contributed by atoms with Gasteiger partial charge in [0, 0.05) is 18.7 Å². The first-order valence-electron chi connectivity index (χ1n) is 7.05. The highest BCUT2D eigenvalue weighted by Gasteiger charge is 2.30. The summed E-state index contributed by atoms with van der Waals surface area (Å²) in [6, 6.07) is 3.39. The Balaban J connectivity index is 2.22. The highest BCUT2D eigenvalue weighted by atomic mass is 35.5. The van der Waals surface area contributed by atoms with Crippen molar-refractivity contribution in [2.75, 3.05) is 13.2 Å². The molecule has 3 rings (SSSR count). The molecule has 7 nitrogen and oxygen atoms in total. The van der Waals surface area contributed by atoms with E-state index < -0.39 is 24.4 Å². The minimum absolute atomic E-state index is 0.113. The van der Waals surface area contributed by atoms with Crippen molar-refractivity contribution in [3.8, 4) is 11.3 Å². The molecule has 0 spiro atoms. The summed E-state index contributed by atoms with van der Waals surface area (Å²) in [5.74, 6) is 3.65. The number of halogens is 3. The lowest BCUT2D eigenvalue weighted by Gasteiger charge is -2.23. The number of aromatic nitrogens is 2. The van der Waals surface area contributed by atoms with E-state index in [-0.39, 0.29) is 16.3 Å². The zero-order valence-corrected chi connectivity index (χ0v) is 13.1. The first-order valence-corrected chi connectivity index (χ1v) is 7.43. The molecule has 3 N–H and O–H groups in total. The van der Waals surface area contributed by atoms with Crippen LogP contribution in [0.4, 0.5) is 8.78 Å². The fourth-order valence-corrected chi connectivity index (χ4v) is 2.86. The Bertz CT molecular complexity index is 822. The van der Waals surface area contributed by atoms with Gasteiger partial charge in [-0.1, -0.05) is 21.9 Å². The van der Waals surface area contributed by atoms with Gasteiger partial charge in [-0.25, -0.2) is 8.78 Å². The second-order valence-corrected chi connectivity index (χ2v) is 5.61. The van der Waals surface area contributed by atoms with Crippen molar-refractivity contribution in [1.29, 1.82) is 0 Å². The Hall–Kier alpha value is -2.39. The number of fused-ring (bicyclic) bond motifs is 1. The van der Waals surface area contributed by atoms with Gasteiger partial charge in [0.15, 0.2) is 0 Å². The van der Waals surface area contributed by atoms with E-state index in [2.05, 4.69) is 20.8 Å². The number of amides is 1.